The number of hydrogen-bond acceptors (Lipinski definition) is 6. The number of rotatable bonds is 12. The fourth-order valence-corrected chi connectivity index (χ4v) is 5.49. The Morgan fingerprint density at radius 3 is 2.47 bits per heavy atom. The highest BCUT2D eigenvalue weighted by atomic mass is 32.2. The molecule has 0 atom stereocenters. The average Bonchev–Trinajstić information content (AvgIpc) is 3.42. The van der Waals surface area contributed by atoms with Gasteiger partial charge >= 0.3 is 0 Å². The Labute approximate surface area is 202 Å². The van der Waals surface area contributed by atoms with Gasteiger partial charge in [0.05, 0.1) is 12.0 Å². The van der Waals surface area contributed by atoms with Gasteiger partial charge in [-0.3, -0.25) is 4.79 Å². The van der Waals surface area contributed by atoms with Crippen LogP contribution in [0, 0.1) is 0 Å². The number of likely N-dealkylation sites (N-methyl/N-ethyl adjacent to an activating group) is 1. The van der Waals surface area contributed by atoms with Crippen molar-refractivity contribution < 1.29 is 22.7 Å². The monoisotopic (exact) mass is 489 g/mol. The van der Waals surface area contributed by atoms with Crippen molar-refractivity contribution >= 4 is 15.9 Å². The van der Waals surface area contributed by atoms with Gasteiger partial charge in [-0.2, -0.15) is 4.31 Å². The molecule has 0 saturated carbocycles. The standard InChI is InChI=1S/C25H35N3O5S/c1-4-27(5-2)15-16-33-23-12-11-20(17-24(23)32-3)19-26-25(29)21-9-8-10-22(18-21)34(30,31)28-13-6-7-14-28/h8-12,17-18H,4-7,13-16,19H2,1-3H3,(H,26,29). The highest BCUT2D eigenvalue weighted by Crippen LogP contribution is 2.28. The molecular formula is C25H35N3O5S. The lowest BCUT2D eigenvalue weighted by atomic mass is 10.1. The summed E-state index contributed by atoms with van der Waals surface area (Å²) in [7, 11) is -1.99. The number of carbonyl (C=O) groups excluding carboxylic acids is 1. The van der Waals surface area contributed by atoms with Crippen LogP contribution in [0.25, 0.3) is 0 Å². The molecule has 0 unspecified atom stereocenters. The molecule has 0 spiro atoms. The molecule has 2 aromatic carbocycles. The third-order valence-corrected chi connectivity index (χ3v) is 7.93. The Hall–Kier alpha value is -2.62. The van der Waals surface area contributed by atoms with Crippen LogP contribution in [0.2, 0.25) is 0 Å². The number of carbonyl (C=O) groups is 1. The smallest absolute Gasteiger partial charge is 0.251 e. The number of hydrogen-bond donors (Lipinski definition) is 1. The molecule has 0 radical (unpaired) electrons. The summed E-state index contributed by atoms with van der Waals surface area (Å²) in [6.07, 6.45) is 1.73. The molecule has 1 N–H and O–H groups in total. The molecule has 3 rings (SSSR count). The number of sulfonamides is 1. The van der Waals surface area contributed by atoms with E-state index in [1.807, 2.05) is 18.2 Å². The Bertz CT molecular complexity index is 1060. The van der Waals surface area contributed by atoms with E-state index in [0.717, 1.165) is 38.0 Å². The molecule has 0 bridgehead atoms. The maximum absolute atomic E-state index is 12.8. The topological polar surface area (TPSA) is 88.2 Å². The molecule has 1 aliphatic rings. The molecule has 8 nitrogen and oxygen atoms in total. The summed E-state index contributed by atoms with van der Waals surface area (Å²) in [6, 6.07) is 11.7. The molecule has 1 saturated heterocycles. The van der Waals surface area contributed by atoms with Crippen molar-refractivity contribution in [2.75, 3.05) is 46.4 Å². The van der Waals surface area contributed by atoms with Crippen LogP contribution in [0.3, 0.4) is 0 Å². The first-order valence-electron chi connectivity index (χ1n) is 11.8. The second-order valence-corrected chi connectivity index (χ2v) is 10.1. The molecular weight excluding hydrogens is 454 g/mol. The molecule has 0 aromatic heterocycles. The van der Waals surface area contributed by atoms with E-state index in [0.29, 0.717) is 36.8 Å². The Morgan fingerprint density at radius 2 is 1.79 bits per heavy atom. The van der Waals surface area contributed by atoms with Gasteiger partial charge in [0.1, 0.15) is 6.61 Å². The van der Waals surface area contributed by atoms with Crippen molar-refractivity contribution in [1.82, 2.24) is 14.5 Å². The second-order valence-electron chi connectivity index (χ2n) is 8.18. The quantitative estimate of drug-likeness (QED) is 0.493. The summed E-state index contributed by atoms with van der Waals surface area (Å²) in [5, 5.41) is 2.86. The third-order valence-electron chi connectivity index (χ3n) is 6.04. The first kappa shape index (κ1) is 26.0. The van der Waals surface area contributed by atoms with Crippen LogP contribution >= 0.6 is 0 Å². The van der Waals surface area contributed by atoms with E-state index < -0.39 is 10.0 Å². The molecule has 1 amide bonds. The van der Waals surface area contributed by atoms with Gasteiger partial charge in [0.2, 0.25) is 10.0 Å². The van der Waals surface area contributed by atoms with Gasteiger partial charge in [-0.25, -0.2) is 8.42 Å². The van der Waals surface area contributed by atoms with Gasteiger partial charge in [0.15, 0.2) is 11.5 Å². The van der Waals surface area contributed by atoms with Crippen LogP contribution in [0.15, 0.2) is 47.4 Å². The van der Waals surface area contributed by atoms with Gasteiger partial charge < -0.3 is 19.7 Å². The summed E-state index contributed by atoms with van der Waals surface area (Å²) in [5.41, 5.74) is 1.16. The highest BCUT2D eigenvalue weighted by Gasteiger charge is 2.27. The van der Waals surface area contributed by atoms with Crippen molar-refractivity contribution in [2.45, 2.75) is 38.1 Å². The highest BCUT2D eigenvalue weighted by molar-refractivity contribution is 7.89. The van der Waals surface area contributed by atoms with E-state index in [1.165, 1.54) is 16.4 Å². The van der Waals surface area contributed by atoms with Crippen LogP contribution in [-0.2, 0) is 16.6 Å². The number of nitrogens with one attached hydrogen (secondary N) is 1. The molecule has 2 aromatic rings. The zero-order valence-electron chi connectivity index (χ0n) is 20.2. The van der Waals surface area contributed by atoms with Crippen LogP contribution in [0.4, 0.5) is 0 Å². The van der Waals surface area contributed by atoms with Gasteiger partial charge in [-0.1, -0.05) is 26.0 Å². The summed E-state index contributed by atoms with van der Waals surface area (Å²) < 4.78 is 38.4. The van der Waals surface area contributed by atoms with Crippen LogP contribution in [-0.4, -0.2) is 70.0 Å². The number of nitrogens with zero attached hydrogens (tertiary/aromatic N) is 2. The fraction of sp³-hybridized carbons (Fsp3) is 0.480. The molecule has 1 heterocycles. The van der Waals surface area contributed by atoms with Crippen molar-refractivity contribution in [3.05, 3.63) is 53.6 Å². The summed E-state index contributed by atoms with van der Waals surface area (Å²) >= 11 is 0. The van der Waals surface area contributed by atoms with Crippen LogP contribution in [0.1, 0.15) is 42.6 Å². The molecule has 186 valence electrons. The van der Waals surface area contributed by atoms with Crippen molar-refractivity contribution in [2.24, 2.45) is 0 Å². The predicted molar refractivity (Wildman–Crippen MR) is 132 cm³/mol. The Kier molecular flexibility index (Phi) is 9.32. The first-order valence-corrected chi connectivity index (χ1v) is 13.2. The minimum atomic E-state index is -3.57. The first-order chi connectivity index (χ1) is 16.4. The minimum absolute atomic E-state index is 0.148. The van der Waals surface area contributed by atoms with Crippen molar-refractivity contribution in [1.29, 1.82) is 0 Å². The largest absolute Gasteiger partial charge is 0.493 e. The normalized spacial score (nSPS) is 14.4. The maximum Gasteiger partial charge on any atom is 0.251 e. The molecule has 34 heavy (non-hydrogen) atoms. The molecule has 1 fully saturated rings. The fourth-order valence-electron chi connectivity index (χ4n) is 3.93. The SMILES string of the molecule is CCN(CC)CCOc1ccc(CNC(=O)c2cccc(S(=O)(=O)N3CCCC3)c2)cc1OC. The van der Waals surface area contributed by atoms with Crippen molar-refractivity contribution in [3.63, 3.8) is 0 Å². The van der Waals surface area contributed by atoms with E-state index >= 15 is 0 Å². The summed E-state index contributed by atoms with van der Waals surface area (Å²) in [5.74, 6) is 0.923. The maximum atomic E-state index is 12.8. The Balaban J connectivity index is 1.61. The predicted octanol–water partition coefficient (Wildman–Crippen LogP) is 3.13. The van der Waals surface area contributed by atoms with E-state index in [2.05, 4.69) is 24.1 Å². The Morgan fingerprint density at radius 1 is 1.06 bits per heavy atom. The summed E-state index contributed by atoms with van der Waals surface area (Å²) in [6.45, 7) is 8.91. The van der Waals surface area contributed by atoms with E-state index in [4.69, 9.17) is 9.47 Å². The third kappa shape index (κ3) is 6.49. The zero-order chi connectivity index (χ0) is 24.6. The lowest BCUT2D eigenvalue weighted by Gasteiger charge is -2.19. The average molecular weight is 490 g/mol. The lowest BCUT2D eigenvalue weighted by Crippen LogP contribution is -2.28. The zero-order valence-corrected chi connectivity index (χ0v) is 21.1. The van der Waals surface area contributed by atoms with E-state index in [-0.39, 0.29) is 17.3 Å². The van der Waals surface area contributed by atoms with Gasteiger partial charge in [-0.05, 0) is 61.8 Å². The van der Waals surface area contributed by atoms with E-state index in [1.54, 1.807) is 19.2 Å². The van der Waals surface area contributed by atoms with Crippen LogP contribution < -0.4 is 14.8 Å². The molecule has 0 aliphatic carbocycles. The van der Waals surface area contributed by atoms with Gasteiger partial charge in [-0.15, -0.1) is 0 Å². The van der Waals surface area contributed by atoms with Crippen molar-refractivity contribution in [3.8, 4) is 11.5 Å². The van der Waals surface area contributed by atoms with Gasteiger partial charge in [0, 0.05) is 31.7 Å². The summed E-state index contributed by atoms with van der Waals surface area (Å²) in [4.78, 5) is 15.1. The number of benzene rings is 2. The molecule has 9 heteroatoms. The lowest BCUT2D eigenvalue weighted by molar-refractivity contribution is 0.0950. The minimum Gasteiger partial charge on any atom is -0.493 e. The molecule has 1 aliphatic heterocycles. The van der Waals surface area contributed by atoms with Gasteiger partial charge in [0.25, 0.3) is 5.91 Å². The number of ether oxygens (including phenoxy) is 2. The van der Waals surface area contributed by atoms with E-state index in [9.17, 15) is 13.2 Å². The number of methoxy groups -OCH3 is 1. The van der Waals surface area contributed by atoms with Crippen LogP contribution in [0.5, 0.6) is 11.5 Å². The second kappa shape index (κ2) is 12.2. The number of amides is 1.